The second-order valence-electron chi connectivity index (χ2n) is 8.74. The molecule has 0 aliphatic heterocycles. The Balaban J connectivity index is 1.56. The van der Waals surface area contributed by atoms with Gasteiger partial charge in [0.1, 0.15) is 16.3 Å². The standard InChI is InChI=1S/C30H26N2O4S/c1-4-35-30(34)27-22-10-6-8-12-26(22)37-29(27)32-28(33)23-17-25(31-24-11-7-5-9-21(23)24)19-13-15-20(16-14-19)36-18(2)3/h5-18H,4H2,1-3H3,(H,32,33). The molecule has 0 aliphatic carbocycles. The average Bonchev–Trinajstić information content (AvgIpc) is 3.26. The molecule has 37 heavy (non-hydrogen) atoms. The highest BCUT2D eigenvalue weighted by atomic mass is 32.1. The number of para-hydroxylation sites is 1. The summed E-state index contributed by atoms with van der Waals surface area (Å²) in [6.45, 7) is 5.97. The van der Waals surface area contributed by atoms with Crippen LogP contribution in [0, 0.1) is 0 Å². The molecule has 2 aromatic heterocycles. The normalized spacial score (nSPS) is 11.1. The number of hydrogen-bond acceptors (Lipinski definition) is 6. The number of amides is 1. The third kappa shape index (κ3) is 5.04. The molecular formula is C30H26N2O4S. The van der Waals surface area contributed by atoms with Crippen molar-refractivity contribution in [2.75, 3.05) is 11.9 Å². The Kier molecular flexibility index (Phi) is 6.88. The van der Waals surface area contributed by atoms with Crippen LogP contribution in [0.25, 0.3) is 32.2 Å². The quantitative estimate of drug-likeness (QED) is 0.232. The molecule has 2 heterocycles. The SMILES string of the molecule is CCOC(=O)c1c(NC(=O)c2cc(-c3ccc(OC(C)C)cc3)nc3ccccc23)sc2ccccc12. The molecule has 0 saturated heterocycles. The van der Waals surface area contributed by atoms with Gasteiger partial charge in [-0.1, -0.05) is 36.4 Å². The molecule has 0 radical (unpaired) electrons. The molecule has 3 aromatic carbocycles. The molecule has 0 saturated carbocycles. The van der Waals surface area contributed by atoms with Gasteiger partial charge in [-0.3, -0.25) is 4.79 Å². The third-order valence-electron chi connectivity index (χ3n) is 5.78. The molecule has 0 atom stereocenters. The van der Waals surface area contributed by atoms with E-state index in [1.807, 2.05) is 86.6 Å². The van der Waals surface area contributed by atoms with Crippen LogP contribution in [-0.4, -0.2) is 29.6 Å². The molecule has 1 amide bonds. The van der Waals surface area contributed by atoms with Crippen LogP contribution in [0.2, 0.25) is 0 Å². The summed E-state index contributed by atoms with van der Waals surface area (Å²) in [5.74, 6) is -0.00953. The van der Waals surface area contributed by atoms with Crippen LogP contribution in [0.4, 0.5) is 5.00 Å². The number of carbonyl (C=O) groups is 2. The highest BCUT2D eigenvalue weighted by Crippen LogP contribution is 2.37. The van der Waals surface area contributed by atoms with Gasteiger partial charge in [-0.15, -0.1) is 11.3 Å². The number of thiophene rings is 1. The maximum Gasteiger partial charge on any atom is 0.341 e. The van der Waals surface area contributed by atoms with E-state index in [2.05, 4.69) is 5.32 Å². The minimum absolute atomic E-state index is 0.0772. The highest BCUT2D eigenvalue weighted by molar-refractivity contribution is 7.23. The van der Waals surface area contributed by atoms with Crippen molar-refractivity contribution in [1.29, 1.82) is 0 Å². The molecule has 0 aliphatic rings. The fourth-order valence-corrected chi connectivity index (χ4v) is 5.28. The van der Waals surface area contributed by atoms with Crippen molar-refractivity contribution in [1.82, 2.24) is 4.98 Å². The number of nitrogens with one attached hydrogen (secondary N) is 1. The second-order valence-corrected chi connectivity index (χ2v) is 9.79. The number of carbonyl (C=O) groups excluding carboxylic acids is 2. The van der Waals surface area contributed by atoms with Gasteiger partial charge in [-0.05, 0) is 63.2 Å². The Morgan fingerprint density at radius 1 is 0.946 bits per heavy atom. The van der Waals surface area contributed by atoms with Crippen molar-refractivity contribution in [3.63, 3.8) is 0 Å². The van der Waals surface area contributed by atoms with Crippen LogP contribution in [0.3, 0.4) is 0 Å². The van der Waals surface area contributed by atoms with Crippen molar-refractivity contribution in [2.45, 2.75) is 26.9 Å². The Labute approximate surface area is 218 Å². The van der Waals surface area contributed by atoms with Crippen molar-refractivity contribution in [2.24, 2.45) is 0 Å². The third-order valence-corrected chi connectivity index (χ3v) is 6.87. The van der Waals surface area contributed by atoms with E-state index in [0.717, 1.165) is 26.8 Å². The lowest BCUT2D eigenvalue weighted by Gasteiger charge is -2.12. The summed E-state index contributed by atoms with van der Waals surface area (Å²) in [6, 6.07) is 24.5. The van der Waals surface area contributed by atoms with E-state index in [1.54, 1.807) is 13.0 Å². The molecule has 5 rings (SSSR count). The van der Waals surface area contributed by atoms with Crippen LogP contribution in [0.1, 0.15) is 41.5 Å². The molecule has 186 valence electrons. The first-order valence-corrected chi connectivity index (χ1v) is 12.9. The summed E-state index contributed by atoms with van der Waals surface area (Å²) < 4.78 is 11.9. The summed E-state index contributed by atoms with van der Waals surface area (Å²) in [5.41, 5.74) is 3.08. The predicted octanol–water partition coefficient (Wildman–Crippen LogP) is 7.33. The van der Waals surface area contributed by atoms with E-state index in [0.29, 0.717) is 27.3 Å². The summed E-state index contributed by atoms with van der Waals surface area (Å²) in [4.78, 5) is 31.3. The first kappa shape index (κ1) is 24.5. The number of hydrogen-bond donors (Lipinski definition) is 1. The fourth-order valence-electron chi connectivity index (χ4n) is 4.20. The van der Waals surface area contributed by atoms with Crippen LogP contribution in [0.5, 0.6) is 5.75 Å². The lowest BCUT2D eigenvalue weighted by atomic mass is 10.0. The fraction of sp³-hybridized carbons (Fsp3) is 0.167. The number of fused-ring (bicyclic) bond motifs is 2. The molecule has 0 fully saturated rings. The number of pyridine rings is 1. The minimum Gasteiger partial charge on any atom is -0.491 e. The lowest BCUT2D eigenvalue weighted by Crippen LogP contribution is -2.15. The van der Waals surface area contributed by atoms with Crippen LogP contribution in [-0.2, 0) is 4.74 Å². The number of esters is 1. The van der Waals surface area contributed by atoms with Crippen molar-refractivity contribution < 1.29 is 19.1 Å². The van der Waals surface area contributed by atoms with Crippen molar-refractivity contribution >= 4 is 49.2 Å². The number of anilines is 1. The van der Waals surface area contributed by atoms with Gasteiger partial charge in [0, 0.05) is 21.0 Å². The predicted molar refractivity (Wildman–Crippen MR) is 149 cm³/mol. The van der Waals surface area contributed by atoms with E-state index in [9.17, 15) is 9.59 Å². The van der Waals surface area contributed by atoms with Gasteiger partial charge in [0.05, 0.1) is 29.5 Å². The minimum atomic E-state index is -0.459. The van der Waals surface area contributed by atoms with E-state index < -0.39 is 5.97 Å². The van der Waals surface area contributed by atoms with Crippen LogP contribution in [0.15, 0.2) is 78.9 Å². The number of aromatic nitrogens is 1. The molecule has 1 N–H and O–H groups in total. The molecule has 0 bridgehead atoms. The summed E-state index contributed by atoms with van der Waals surface area (Å²) in [7, 11) is 0. The molecule has 0 unspecified atom stereocenters. The summed E-state index contributed by atoms with van der Waals surface area (Å²) in [5, 5.41) is 4.93. The largest absolute Gasteiger partial charge is 0.491 e. The zero-order valence-electron chi connectivity index (χ0n) is 20.8. The zero-order valence-corrected chi connectivity index (χ0v) is 21.6. The summed E-state index contributed by atoms with van der Waals surface area (Å²) >= 11 is 1.35. The monoisotopic (exact) mass is 510 g/mol. The highest BCUT2D eigenvalue weighted by Gasteiger charge is 2.23. The molecular weight excluding hydrogens is 484 g/mol. The first-order valence-electron chi connectivity index (χ1n) is 12.1. The number of benzene rings is 3. The van der Waals surface area contributed by atoms with E-state index in [1.165, 1.54) is 11.3 Å². The van der Waals surface area contributed by atoms with E-state index in [4.69, 9.17) is 14.5 Å². The second kappa shape index (κ2) is 10.4. The topological polar surface area (TPSA) is 77.5 Å². The van der Waals surface area contributed by atoms with Gasteiger partial charge in [-0.25, -0.2) is 9.78 Å². The van der Waals surface area contributed by atoms with Gasteiger partial charge in [0.25, 0.3) is 5.91 Å². The van der Waals surface area contributed by atoms with Crippen molar-refractivity contribution in [3.8, 4) is 17.0 Å². The van der Waals surface area contributed by atoms with Crippen LogP contribution < -0.4 is 10.1 Å². The van der Waals surface area contributed by atoms with Crippen LogP contribution >= 0.6 is 11.3 Å². The summed E-state index contributed by atoms with van der Waals surface area (Å²) in [6.07, 6.45) is 0.0772. The van der Waals surface area contributed by atoms with Crippen molar-refractivity contribution in [3.05, 3.63) is 90.0 Å². The molecule has 0 spiro atoms. The Hall–Kier alpha value is -4.23. The maximum absolute atomic E-state index is 13.7. The zero-order chi connectivity index (χ0) is 25.9. The van der Waals surface area contributed by atoms with E-state index in [-0.39, 0.29) is 18.6 Å². The lowest BCUT2D eigenvalue weighted by molar-refractivity contribution is 0.0530. The molecule has 7 heteroatoms. The molecule has 6 nitrogen and oxygen atoms in total. The number of ether oxygens (including phenoxy) is 2. The Morgan fingerprint density at radius 2 is 1.65 bits per heavy atom. The van der Waals surface area contributed by atoms with Gasteiger partial charge < -0.3 is 14.8 Å². The van der Waals surface area contributed by atoms with Gasteiger partial charge in [0.15, 0.2) is 0 Å². The number of nitrogens with zero attached hydrogens (tertiary/aromatic N) is 1. The Bertz CT molecular complexity index is 1610. The van der Waals surface area contributed by atoms with Gasteiger partial charge in [0.2, 0.25) is 0 Å². The van der Waals surface area contributed by atoms with E-state index >= 15 is 0 Å². The number of rotatable bonds is 7. The maximum atomic E-state index is 13.7. The van der Waals surface area contributed by atoms with Gasteiger partial charge in [-0.2, -0.15) is 0 Å². The molecule has 5 aromatic rings. The average molecular weight is 511 g/mol. The Morgan fingerprint density at radius 3 is 2.38 bits per heavy atom. The smallest absolute Gasteiger partial charge is 0.341 e. The van der Waals surface area contributed by atoms with Gasteiger partial charge >= 0.3 is 5.97 Å². The first-order chi connectivity index (χ1) is 17.9.